The van der Waals surface area contributed by atoms with Gasteiger partial charge in [0.25, 0.3) is 10.0 Å². The highest BCUT2D eigenvalue weighted by Gasteiger charge is 2.15. The molecule has 4 rings (SSSR count). The molecule has 0 aliphatic carbocycles. The van der Waals surface area contributed by atoms with Gasteiger partial charge in [0.2, 0.25) is 5.91 Å². The lowest BCUT2D eigenvalue weighted by atomic mass is 10.1. The maximum absolute atomic E-state index is 12.7. The lowest BCUT2D eigenvalue weighted by molar-refractivity contribution is -0.118. The van der Waals surface area contributed by atoms with Crippen LogP contribution in [0.2, 0.25) is 0 Å². The lowest BCUT2D eigenvalue weighted by Crippen LogP contribution is -2.18. The first-order valence-corrected chi connectivity index (χ1v) is 11.6. The number of rotatable bonds is 6. The number of amides is 1. The number of hydrogen-bond acceptors (Lipinski definition) is 5. The zero-order valence-electron chi connectivity index (χ0n) is 16.4. The average Bonchev–Trinajstić information content (AvgIpc) is 3.31. The van der Waals surface area contributed by atoms with Gasteiger partial charge in [-0.3, -0.25) is 13.9 Å². The SMILES string of the molecule is CC(C)C(=O)Nc1ccc(S(=O)(=O)Nc2ccc(-c3cn4ccsc4n3)cc2)cc1. The van der Waals surface area contributed by atoms with Gasteiger partial charge in [0.05, 0.1) is 10.6 Å². The van der Waals surface area contributed by atoms with E-state index >= 15 is 0 Å². The van der Waals surface area contributed by atoms with Gasteiger partial charge in [0, 0.05) is 40.6 Å². The second-order valence-corrected chi connectivity index (χ2v) is 9.63. The Kier molecular flexibility index (Phi) is 5.31. The molecule has 0 bridgehead atoms. The van der Waals surface area contributed by atoms with E-state index in [2.05, 4.69) is 15.0 Å². The molecule has 0 unspecified atom stereocenters. The van der Waals surface area contributed by atoms with Crippen LogP contribution in [-0.2, 0) is 14.8 Å². The highest BCUT2D eigenvalue weighted by atomic mass is 32.2. The van der Waals surface area contributed by atoms with Crippen LogP contribution in [0, 0.1) is 5.92 Å². The molecule has 2 heterocycles. The highest BCUT2D eigenvalue weighted by molar-refractivity contribution is 7.92. The molecule has 30 heavy (non-hydrogen) atoms. The van der Waals surface area contributed by atoms with Crippen molar-refractivity contribution in [3.8, 4) is 11.3 Å². The number of thiazole rings is 1. The molecule has 0 saturated carbocycles. The van der Waals surface area contributed by atoms with E-state index in [-0.39, 0.29) is 16.7 Å². The van der Waals surface area contributed by atoms with Crippen molar-refractivity contribution in [3.05, 3.63) is 66.3 Å². The third kappa shape index (κ3) is 4.22. The van der Waals surface area contributed by atoms with Gasteiger partial charge in [-0.05, 0) is 36.4 Å². The molecule has 0 fully saturated rings. The Labute approximate surface area is 178 Å². The summed E-state index contributed by atoms with van der Waals surface area (Å²) in [7, 11) is -3.74. The Hall–Kier alpha value is -3.17. The number of nitrogens with zero attached hydrogens (tertiary/aromatic N) is 2. The summed E-state index contributed by atoms with van der Waals surface area (Å²) in [6.45, 7) is 3.58. The predicted molar refractivity (Wildman–Crippen MR) is 119 cm³/mol. The number of anilines is 2. The van der Waals surface area contributed by atoms with Crippen LogP contribution in [0.1, 0.15) is 13.8 Å². The molecule has 4 aromatic rings. The number of imidazole rings is 1. The van der Waals surface area contributed by atoms with E-state index in [1.807, 2.05) is 34.3 Å². The first kappa shape index (κ1) is 20.1. The first-order valence-electron chi connectivity index (χ1n) is 9.28. The number of fused-ring (bicyclic) bond motifs is 1. The van der Waals surface area contributed by atoms with E-state index in [1.165, 1.54) is 12.1 Å². The molecule has 0 atom stereocenters. The largest absolute Gasteiger partial charge is 0.326 e. The van der Waals surface area contributed by atoms with E-state index in [9.17, 15) is 13.2 Å². The van der Waals surface area contributed by atoms with Crippen molar-refractivity contribution < 1.29 is 13.2 Å². The van der Waals surface area contributed by atoms with Crippen LogP contribution >= 0.6 is 11.3 Å². The van der Waals surface area contributed by atoms with Crippen molar-refractivity contribution in [3.63, 3.8) is 0 Å². The minimum Gasteiger partial charge on any atom is -0.326 e. The zero-order valence-corrected chi connectivity index (χ0v) is 18.0. The van der Waals surface area contributed by atoms with Gasteiger partial charge in [-0.1, -0.05) is 26.0 Å². The van der Waals surface area contributed by atoms with Crippen LogP contribution < -0.4 is 10.0 Å². The normalized spacial score (nSPS) is 11.7. The summed E-state index contributed by atoms with van der Waals surface area (Å²) in [6, 6.07) is 13.1. The quantitative estimate of drug-likeness (QED) is 0.463. The molecule has 0 spiro atoms. The maximum atomic E-state index is 12.7. The molecule has 2 aromatic carbocycles. The fourth-order valence-electron chi connectivity index (χ4n) is 2.79. The van der Waals surface area contributed by atoms with Gasteiger partial charge in [-0.15, -0.1) is 11.3 Å². The van der Waals surface area contributed by atoms with Crippen LogP contribution in [0.3, 0.4) is 0 Å². The molecular formula is C21H20N4O3S2. The minimum absolute atomic E-state index is 0.114. The van der Waals surface area contributed by atoms with Gasteiger partial charge in [0.1, 0.15) is 0 Å². The van der Waals surface area contributed by atoms with E-state index in [1.54, 1.807) is 49.4 Å². The topological polar surface area (TPSA) is 92.6 Å². The Bertz CT molecular complexity index is 1260. The number of carbonyl (C=O) groups is 1. The maximum Gasteiger partial charge on any atom is 0.261 e. The van der Waals surface area contributed by atoms with Crippen molar-refractivity contribution in [1.82, 2.24) is 9.38 Å². The standard InChI is InChI=1S/C21H20N4O3S2/c1-14(2)20(26)22-16-7-9-18(10-8-16)30(27,28)24-17-5-3-15(4-6-17)19-13-25-11-12-29-21(25)23-19/h3-14,24H,1-2H3,(H,22,26). The zero-order chi connectivity index (χ0) is 21.3. The molecule has 0 radical (unpaired) electrons. The lowest BCUT2D eigenvalue weighted by Gasteiger charge is -2.10. The molecule has 0 aliphatic rings. The molecule has 0 aliphatic heterocycles. The van der Waals surface area contributed by atoms with Crippen molar-refractivity contribution in [2.45, 2.75) is 18.7 Å². The second kappa shape index (κ2) is 7.92. The molecule has 2 N–H and O–H groups in total. The molecule has 2 aromatic heterocycles. The van der Waals surface area contributed by atoms with E-state index in [0.29, 0.717) is 11.4 Å². The number of nitrogens with one attached hydrogen (secondary N) is 2. The van der Waals surface area contributed by atoms with Crippen LogP contribution in [0.15, 0.2) is 71.2 Å². The second-order valence-electron chi connectivity index (χ2n) is 7.07. The van der Waals surface area contributed by atoms with Crippen LogP contribution in [-0.4, -0.2) is 23.7 Å². The van der Waals surface area contributed by atoms with E-state index < -0.39 is 10.0 Å². The third-order valence-corrected chi connectivity index (χ3v) is 6.65. The molecule has 1 amide bonds. The van der Waals surface area contributed by atoms with Crippen LogP contribution in [0.4, 0.5) is 11.4 Å². The molecule has 7 nitrogen and oxygen atoms in total. The van der Waals surface area contributed by atoms with Crippen molar-refractivity contribution in [2.75, 3.05) is 10.0 Å². The highest BCUT2D eigenvalue weighted by Crippen LogP contribution is 2.24. The van der Waals surface area contributed by atoms with Gasteiger partial charge in [0.15, 0.2) is 4.96 Å². The molecule has 0 saturated heterocycles. The number of sulfonamides is 1. The third-order valence-electron chi connectivity index (χ3n) is 4.48. The van der Waals surface area contributed by atoms with E-state index in [4.69, 9.17) is 0 Å². The van der Waals surface area contributed by atoms with Crippen LogP contribution in [0.25, 0.3) is 16.2 Å². The van der Waals surface area contributed by atoms with Gasteiger partial charge in [-0.25, -0.2) is 13.4 Å². The summed E-state index contributed by atoms with van der Waals surface area (Å²) in [5, 5.41) is 4.71. The number of carbonyl (C=O) groups excluding carboxylic acids is 1. The summed E-state index contributed by atoms with van der Waals surface area (Å²) in [5.41, 5.74) is 2.74. The summed E-state index contributed by atoms with van der Waals surface area (Å²) in [5.74, 6) is -0.280. The number of benzene rings is 2. The van der Waals surface area contributed by atoms with Crippen molar-refractivity contribution >= 4 is 43.6 Å². The fourth-order valence-corrected chi connectivity index (χ4v) is 4.55. The minimum atomic E-state index is -3.74. The monoisotopic (exact) mass is 440 g/mol. The smallest absolute Gasteiger partial charge is 0.261 e. The Morgan fingerprint density at radius 2 is 1.70 bits per heavy atom. The number of hydrogen-bond donors (Lipinski definition) is 2. The van der Waals surface area contributed by atoms with Gasteiger partial charge >= 0.3 is 0 Å². The summed E-state index contributed by atoms with van der Waals surface area (Å²) in [6.07, 6.45) is 3.88. The van der Waals surface area contributed by atoms with Crippen molar-refractivity contribution in [2.24, 2.45) is 5.92 Å². The molecule has 154 valence electrons. The molecule has 9 heteroatoms. The average molecular weight is 441 g/mol. The summed E-state index contributed by atoms with van der Waals surface area (Å²) in [4.78, 5) is 17.3. The predicted octanol–water partition coefficient (Wildman–Crippen LogP) is 4.46. The molecular weight excluding hydrogens is 420 g/mol. The fraction of sp³-hybridized carbons (Fsp3) is 0.143. The summed E-state index contributed by atoms with van der Waals surface area (Å²) < 4.78 is 29.9. The Balaban J connectivity index is 1.47. The Morgan fingerprint density at radius 1 is 1.03 bits per heavy atom. The summed E-state index contributed by atoms with van der Waals surface area (Å²) >= 11 is 1.55. The van der Waals surface area contributed by atoms with Crippen molar-refractivity contribution in [1.29, 1.82) is 0 Å². The first-order chi connectivity index (χ1) is 14.3. The number of aromatic nitrogens is 2. The van der Waals surface area contributed by atoms with Gasteiger partial charge < -0.3 is 5.32 Å². The van der Waals surface area contributed by atoms with Crippen LogP contribution in [0.5, 0.6) is 0 Å². The Morgan fingerprint density at radius 3 is 2.33 bits per heavy atom. The van der Waals surface area contributed by atoms with E-state index in [0.717, 1.165) is 16.2 Å². The van der Waals surface area contributed by atoms with Gasteiger partial charge in [-0.2, -0.15) is 0 Å².